The van der Waals surface area contributed by atoms with E-state index in [2.05, 4.69) is 31.2 Å². The number of hydrogen-bond acceptors (Lipinski definition) is 4. The summed E-state index contributed by atoms with van der Waals surface area (Å²) >= 11 is 1.67. The average molecular weight is 289 g/mol. The van der Waals surface area contributed by atoms with Crippen LogP contribution >= 0.6 is 11.8 Å². The van der Waals surface area contributed by atoms with E-state index < -0.39 is 0 Å². The van der Waals surface area contributed by atoms with Crippen molar-refractivity contribution >= 4 is 11.8 Å². The van der Waals surface area contributed by atoms with E-state index in [9.17, 15) is 0 Å². The summed E-state index contributed by atoms with van der Waals surface area (Å²) in [7, 11) is 3.35. The van der Waals surface area contributed by atoms with Crippen LogP contribution in [0.15, 0.2) is 52.3 Å². The van der Waals surface area contributed by atoms with Gasteiger partial charge in [0.15, 0.2) is 0 Å². The van der Waals surface area contributed by atoms with Crippen LogP contribution in [0.3, 0.4) is 0 Å². The Morgan fingerprint density at radius 2 is 1.60 bits per heavy atom. The maximum Gasteiger partial charge on any atom is 0.212 e. The van der Waals surface area contributed by atoms with Crippen LogP contribution in [0, 0.1) is 12.3 Å². The van der Waals surface area contributed by atoms with Gasteiger partial charge in [-0.1, -0.05) is 29.5 Å². The summed E-state index contributed by atoms with van der Waals surface area (Å²) in [6.45, 7) is 2.08. The molecule has 0 aromatic heterocycles. The monoisotopic (exact) mass is 289 g/mol. The largest absolute Gasteiger partial charge is 0.497 e. The molecule has 0 atom stereocenters. The average Bonchev–Trinajstić information content (AvgIpc) is 2.51. The van der Waals surface area contributed by atoms with E-state index in [0.717, 1.165) is 16.4 Å². The van der Waals surface area contributed by atoms with Crippen molar-refractivity contribution in [2.24, 2.45) is 0 Å². The van der Waals surface area contributed by atoms with Crippen molar-refractivity contribution in [1.82, 2.24) is 0 Å². The van der Waals surface area contributed by atoms with E-state index in [-0.39, 0.29) is 0 Å². The van der Waals surface area contributed by atoms with E-state index in [1.165, 1.54) is 10.5 Å². The standard InChI is InChI=1S/C15H16O2S.N2/c1-11-4-7-13(8-5-11)18-15-10-12(16-2)6-9-14(15)17-3;1-2/h4-10H,1-3H3;/p+1. The molecule has 0 aliphatic heterocycles. The predicted molar refractivity (Wildman–Crippen MR) is 77.5 cm³/mol. The molecule has 0 radical (unpaired) electrons. The second-order valence-corrected chi connectivity index (χ2v) is 5.05. The third-order valence-electron chi connectivity index (χ3n) is 2.62. The number of aryl methyl sites for hydroxylation is 1. The van der Waals surface area contributed by atoms with Gasteiger partial charge in [-0.2, -0.15) is 0 Å². The highest BCUT2D eigenvalue weighted by Crippen LogP contribution is 2.37. The molecule has 2 aromatic carbocycles. The minimum Gasteiger partial charge on any atom is -0.497 e. The third kappa shape index (κ3) is 4.18. The molecule has 4 nitrogen and oxygen atoms in total. The molecule has 104 valence electrons. The first-order valence-electron chi connectivity index (χ1n) is 5.92. The Kier molecular flexibility index (Phi) is 6.41. The number of ether oxygens (including phenoxy) is 2. The molecule has 20 heavy (non-hydrogen) atoms. The molecular formula is C15H17N2O2S+. The molecule has 5 heteroatoms. The van der Waals surface area contributed by atoms with Crippen LogP contribution in [0.2, 0.25) is 0 Å². The van der Waals surface area contributed by atoms with E-state index >= 15 is 0 Å². The van der Waals surface area contributed by atoms with Crippen LogP contribution in [-0.2, 0) is 0 Å². The topological polar surface area (TPSA) is 66.0 Å². The van der Waals surface area contributed by atoms with E-state index in [1.807, 2.05) is 18.2 Å². The molecule has 0 spiro atoms. The van der Waals surface area contributed by atoms with Crippen molar-refractivity contribution in [3.63, 3.8) is 0 Å². The van der Waals surface area contributed by atoms with Gasteiger partial charge >= 0.3 is 0 Å². The lowest BCUT2D eigenvalue weighted by Crippen LogP contribution is -2.11. The molecule has 2 aromatic rings. The first-order valence-corrected chi connectivity index (χ1v) is 6.73. The second-order valence-electron chi connectivity index (χ2n) is 3.93. The molecule has 0 heterocycles. The van der Waals surface area contributed by atoms with Gasteiger partial charge in [-0.15, -0.1) is 0 Å². The van der Waals surface area contributed by atoms with Crippen LogP contribution in [-0.4, -0.2) is 14.2 Å². The van der Waals surface area contributed by atoms with Gasteiger partial charge in [-0.3, -0.25) is 0 Å². The van der Waals surface area contributed by atoms with Gasteiger partial charge in [0, 0.05) is 4.90 Å². The highest BCUT2D eigenvalue weighted by atomic mass is 32.2. The fourth-order valence-corrected chi connectivity index (χ4v) is 2.55. The second kappa shape index (κ2) is 8.08. The number of hydrogen-bond donors (Lipinski definition) is 1. The van der Waals surface area contributed by atoms with Crippen LogP contribution in [0.5, 0.6) is 11.5 Å². The zero-order valence-electron chi connectivity index (χ0n) is 11.7. The first kappa shape index (κ1) is 15.9. The molecule has 0 aliphatic rings. The van der Waals surface area contributed by atoms with Crippen LogP contribution in [0.25, 0.3) is 0 Å². The molecule has 0 amide bonds. The summed E-state index contributed by atoms with van der Waals surface area (Å²) in [5.74, 6) is 1.70. The predicted octanol–water partition coefficient (Wildman–Crippen LogP) is 2.44. The Morgan fingerprint density at radius 3 is 2.15 bits per heavy atom. The Hall–Kier alpha value is -2.19. The first-order chi connectivity index (χ1) is 9.72. The van der Waals surface area contributed by atoms with Crippen LogP contribution < -0.4 is 14.9 Å². The van der Waals surface area contributed by atoms with Gasteiger partial charge in [-0.05, 0) is 37.3 Å². The third-order valence-corrected chi connectivity index (χ3v) is 3.67. The summed E-state index contributed by atoms with van der Waals surface area (Å²) in [6, 6.07) is 14.2. The molecule has 2 rings (SSSR count). The lowest BCUT2D eigenvalue weighted by atomic mass is 10.2. The van der Waals surface area contributed by atoms with Crippen molar-refractivity contribution in [3.8, 4) is 11.5 Å². The molecule has 0 saturated carbocycles. The molecule has 0 bridgehead atoms. The number of nitrogens with zero attached hydrogens (tertiary/aromatic N) is 1. The van der Waals surface area contributed by atoms with Crippen molar-refractivity contribution in [2.75, 3.05) is 14.2 Å². The molecule has 0 fully saturated rings. The lowest BCUT2D eigenvalue weighted by molar-refractivity contribution is -0.175. The number of rotatable bonds is 4. The summed E-state index contributed by atoms with van der Waals surface area (Å²) in [6.07, 6.45) is 0. The van der Waals surface area contributed by atoms with Crippen LogP contribution in [0.4, 0.5) is 0 Å². The summed E-state index contributed by atoms with van der Waals surface area (Å²) < 4.78 is 10.6. The number of benzene rings is 2. The molecule has 0 saturated heterocycles. The van der Waals surface area contributed by atoms with Crippen molar-refractivity contribution < 1.29 is 14.9 Å². The minimum atomic E-state index is 0.838. The fourth-order valence-electron chi connectivity index (χ4n) is 1.60. The minimum absolute atomic E-state index is 0.838. The normalized spacial score (nSPS) is 9.25. The Balaban J connectivity index is 0.000000956. The summed E-state index contributed by atoms with van der Waals surface area (Å²) in [5, 5.41) is 11.0. The van der Waals surface area contributed by atoms with Crippen molar-refractivity contribution in [3.05, 3.63) is 48.0 Å². The highest BCUT2D eigenvalue weighted by Gasteiger charge is 2.06. The molecule has 0 aliphatic carbocycles. The van der Waals surface area contributed by atoms with Gasteiger partial charge in [0.25, 0.3) is 0 Å². The Labute approximate surface area is 123 Å². The highest BCUT2D eigenvalue weighted by molar-refractivity contribution is 7.99. The Morgan fingerprint density at radius 1 is 0.950 bits per heavy atom. The van der Waals surface area contributed by atoms with Crippen LogP contribution in [0.1, 0.15) is 5.56 Å². The zero-order valence-corrected chi connectivity index (χ0v) is 12.5. The van der Waals surface area contributed by atoms with Crippen molar-refractivity contribution in [2.45, 2.75) is 16.7 Å². The van der Waals surface area contributed by atoms with Gasteiger partial charge in [-0.25, -0.2) is 0 Å². The van der Waals surface area contributed by atoms with Crippen molar-refractivity contribution in [1.29, 1.82) is 5.39 Å². The lowest BCUT2D eigenvalue weighted by Gasteiger charge is -2.10. The Bertz CT molecular complexity index is 568. The fraction of sp³-hybridized carbons (Fsp3) is 0.200. The quantitative estimate of drug-likeness (QED) is 0.878. The van der Waals surface area contributed by atoms with Gasteiger partial charge in [0.1, 0.15) is 11.5 Å². The smallest absolute Gasteiger partial charge is 0.212 e. The van der Waals surface area contributed by atoms with E-state index in [4.69, 9.17) is 20.3 Å². The number of diazo groups is 1. The molecule has 1 N–H and O–H groups in total. The number of methoxy groups -OCH3 is 2. The van der Waals surface area contributed by atoms with E-state index in [0.29, 0.717) is 0 Å². The van der Waals surface area contributed by atoms with E-state index in [1.54, 1.807) is 26.0 Å². The summed E-state index contributed by atoms with van der Waals surface area (Å²) in [4.78, 5) is 2.24. The summed E-state index contributed by atoms with van der Waals surface area (Å²) in [5.41, 5.74) is 1.26. The number of nitrogens with one attached hydrogen (secondary N) is 1. The molecular weight excluding hydrogens is 272 g/mol. The van der Waals surface area contributed by atoms with Gasteiger partial charge < -0.3 is 9.47 Å². The van der Waals surface area contributed by atoms with Gasteiger partial charge in [0.05, 0.1) is 24.5 Å². The molecule has 0 unspecified atom stereocenters. The van der Waals surface area contributed by atoms with Gasteiger partial charge in [0.2, 0.25) is 5.39 Å². The maximum absolute atomic E-state index is 6.25. The SMILES string of the molecule is COc1ccc(OC)c(Sc2ccc(C)cc2)c1.N#[NH+]. The maximum atomic E-state index is 6.25. The zero-order chi connectivity index (χ0) is 15.0.